The molecule has 154 valence electrons. The molecule has 10 heteroatoms. The van der Waals surface area contributed by atoms with E-state index in [0.717, 1.165) is 12.1 Å². The molecule has 7 nitrogen and oxygen atoms in total. The van der Waals surface area contributed by atoms with E-state index in [1.165, 1.54) is 13.3 Å². The van der Waals surface area contributed by atoms with Crippen molar-refractivity contribution in [3.63, 3.8) is 0 Å². The van der Waals surface area contributed by atoms with Gasteiger partial charge < -0.3 is 25.3 Å². The second-order valence-corrected chi connectivity index (χ2v) is 7.36. The van der Waals surface area contributed by atoms with Gasteiger partial charge in [0.15, 0.2) is 0 Å². The van der Waals surface area contributed by atoms with Crippen LogP contribution in [0, 0.1) is 5.82 Å². The fourth-order valence-electron chi connectivity index (χ4n) is 3.74. The maximum atomic E-state index is 13.8. The Bertz CT molecular complexity index is 1060. The number of halogens is 3. The minimum atomic E-state index is -2.90. The summed E-state index contributed by atoms with van der Waals surface area (Å²) in [4.78, 5) is 8.10. The molecule has 1 saturated heterocycles. The number of aliphatic hydroxyl groups excluding tert-OH is 1. The molecule has 4 rings (SSSR count). The summed E-state index contributed by atoms with van der Waals surface area (Å²) in [5.74, 6) is -0.621. The molecule has 3 aromatic rings. The summed E-state index contributed by atoms with van der Waals surface area (Å²) in [5, 5.41) is 22.1. The average molecular weight is 408 g/mol. The topological polar surface area (TPSA) is 106 Å². The number of hydrogen-bond donors (Lipinski definition) is 3. The van der Waals surface area contributed by atoms with Crippen LogP contribution in [0.4, 0.5) is 19.0 Å². The molecule has 0 radical (unpaired) electrons. The Balaban J connectivity index is 1.66. The molecule has 29 heavy (non-hydrogen) atoms. The van der Waals surface area contributed by atoms with Crippen LogP contribution in [-0.2, 0) is 4.74 Å². The Morgan fingerprint density at radius 1 is 1.28 bits per heavy atom. The van der Waals surface area contributed by atoms with Crippen LogP contribution in [-0.4, -0.2) is 36.5 Å². The predicted octanol–water partition coefficient (Wildman–Crippen LogP) is 2.86. The first-order valence-electron chi connectivity index (χ1n) is 8.89. The van der Waals surface area contributed by atoms with Crippen LogP contribution in [0.1, 0.15) is 43.2 Å². The number of rotatable bonds is 4. The van der Waals surface area contributed by atoms with E-state index in [1.54, 1.807) is 16.8 Å². The van der Waals surface area contributed by atoms with E-state index in [1.807, 2.05) is 0 Å². The van der Waals surface area contributed by atoms with Crippen LogP contribution in [0.3, 0.4) is 0 Å². The molecule has 1 aliphatic heterocycles. The third-order valence-corrected chi connectivity index (χ3v) is 5.18. The number of aromatic nitrogens is 3. The first-order valence-corrected chi connectivity index (χ1v) is 8.89. The highest BCUT2D eigenvalue weighted by Gasteiger charge is 2.48. The largest absolute Gasteiger partial charge is 0.387 e. The van der Waals surface area contributed by atoms with Gasteiger partial charge >= 0.3 is 0 Å². The van der Waals surface area contributed by atoms with Gasteiger partial charge in [0.05, 0.1) is 11.0 Å². The van der Waals surface area contributed by atoms with Crippen LogP contribution in [0.2, 0.25) is 0 Å². The van der Waals surface area contributed by atoms with Crippen molar-refractivity contribution in [3.8, 4) is 0 Å². The standard InChI is InChI=1S/C19H19F3N4O3/c1-19(28)7-13(26-3-2-12-17(23)24-8-25-18(12)26)29-15(19)14(27)9-4-10(16(21)22)6-11(20)5-9/h2-6,8,13-16,27-28H,7H2,1H3,(H2,23,24,25)/t13-,14+,15-,19+/m1/s1. The second-order valence-electron chi connectivity index (χ2n) is 7.36. The number of hydrogen-bond acceptors (Lipinski definition) is 6. The van der Waals surface area contributed by atoms with Gasteiger partial charge in [0.25, 0.3) is 6.43 Å². The molecule has 0 unspecified atom stereocenters. The van der Waals surface area contributed by atoms with E-state index < -0.39 is 41.8 Å². The number of nitrogens with zero attached hydrogens (tertiary/aromatic N) is 3. The molecule has 2 aromatic heterocycles. The molecule has 0 bridgehead atoms. The van der Waals surface area contributed by atoms with Crippen molar-refractivity contribution < 1.29 is 28.1 Å². The number of benzene rings is 1. The summed E-state index contributed by atoms with van der Waals surface area (Å²) >= 11 is 0. The molecule has 0 aliphatic carbocycles. The molecular formula is C19H19F3N4O3. The molecule has 1 fully saturated rings. The van der Waals surface area contributed by atoms with E-state index in [4.69, 9.17) is 10.5 Å². The lowest BCUT2D eigenvalue weighted by molar-refractivity contribution is -0.111. The Hall–Kier alpha value is -2.69. The third kappa shape index (κ3) is 3.43. The van der Waals surface area contributed by atoms with Crippen LogP contribution in [0.25, 0.3) is 11.0 Å². The molecule has 4 atom stereocenters. The third-order valence-electron chi connectivity index (χ3n) is 5.18. The second kappa shape index (κ2) is 6.97. The first-order chi connectivity index (χ1) is 13.7. The van der Waals surface area contributed by atoms with Crippen molar-refractivity contribution in [1.29, 1.82) is 0 Å². The molecular weight excluding hydrogens is 389 g/mol. The lowest BCUT2D eigenvalue weighted by Gasteiger charge is -2.28. The van der Waals surface area contributed by atoms with Gasteiger partial charge in [-0.15, -0.1) is 0 Å². The SMILES string of the molecule is C[C@]1(O)C[C@H](n2ccc3c(N)ncnc32)O[C@@H]1[C@@H](O)c1cc(F)cc(C(F)F)c1. The number of nitrogen functional groups attached to an aromatic ring is 1. The van der Waals surface area contributed by atoms with Gasteiger partial charge in [-0.2, -0.15) is 0 Å². The molecule has 0 amide bonds. The summed E-state index contributed by atoms with van der Waals surface area (Å²) in [6.07, 6.45) is -3.26. The van der Waals surface area contributed by atoms with Gasteiger partial charge in [-0.3, -0.25) is 0 Å². The van der Waals surface area contributed by atoms with Crippen molar-refractivity contribution in [3.05, 3.63) is 53.7 Å². The van der Waals surface area contributed by atoms with E-state index in [0.29, 0.717) is 17.1 Å². The van der Waals surface area contributed by atoms with Crippen molar-refractivity contribution in [2.75, 3.05) is 5.73 Å². The average Bonchev–Trinajstić information content (AvgIpc) is 3.21. The molecule has 0 saturated carbocycles. The Morgan fingerprint density at radius 3 is 2.72 bits per heavy atom. The monoisotopic (exact) mass is 408 g/mol. The predicted molar refractivity (Wildman–Crippen MR) is 97.4 cm³/mol. The van der Waals surface area contributed by atoms with Crippen LogP contribution >= 0.6 is 0 Å². The van der Waals surface area contributed by atoms with E-state index in [2.05, 4.69) is 9.97 Å². The zero-order valence-electron chi connectivity index (χ0n) is 15.3. The van der Waals surface area contributed by atoms with Crippen molar-refractivity contribution in [2.24, 2.45) is 0 Å². The van der Waals surface area contributed by atoms with Gasteiger partial charge in [-0.25, -0.2) is 23.1 Å². The van der Waals surface area contributed by atoms with Crippen molar-refractivity contribution in [2.45, 2.75) is 43.8 Å². The van der Waals surface area contributed by atoms with Gasteiger partial charge in [0.1, 0.15) is 42.0 Å². The number of alkyl halides is 2. The molecule has 4 N–H and O–H groups in total. The molecule has 1 aliphatic rings. The summed E-state index contributed by atoms with van der Waals surface area (Å²) in [6, 6.07) is 4.36. The fraction of sp³-hybridized carbons (Fsp3) is 0.368. The lowest BCUT2D eigenvalue weighted by Crippen LogP contribution is -2.39. The Labute approximate surface area is 163 Å². The van der Waals surface area contributed by atoms with Crippen molar-refractivity contribution >= 4 is 16.9 Å². The minimum absolute atomic E-state index is 0.0828. The number of anilines is 1. The number of aliphatic hydroxyl groups is 2. The molecule has 3 heterocycles. The highest BCUT2D eigenvalue weighted by Crippen LogP contribution is 2.43. The maximum absolute atomic E-state index is 13.8. The van der Waals surface area contributed by atoms with Crippen molar-refractivity contribution in [1.82, 2.24) is 14.5 Å². The number of ether oxygens (including phenoxy) is 1. The summed E-state index contributed by atoms with van der Waals surface area (Å²) < 4.78 is 47.3. The smallest absolute Gasteiger partial charge is 0.263 e. The van der Waals surface area contributed by atoms with E-state index in [-0.39, 0.29) is 17.8 Å². The zero-order valence-corrected chi connectivity index (χ0v) is 15.3. The summed E-state index contributed by atoms with van der Waals surface area (Å²) in [7, 11) is 0. The van der Waals surface area contributed by atoms with Gasteiger partial charge in [0, 0.05) is 18.2 Å². The van der Waals surface area contributed by atoms with E-state index >= 15 is 0 Å². The lowest BCUT2D eigenvalue weighted by atomic mass is 9.89. The first kappa shape index (κ1) is 19.6. The van der Waals surface area contributed by atoms with Gasteiger partial charge in [0.2, 0.25) is 0 Å². The van der Waals surface area contributed by atoms with Gasteiger partial charge in [-0.05, 0) is 36.8 Å². The molecule has 1 aromatic carbocycles. The highest BCUT2D eigenvalue weighted by atomic mass is 19.3. The minimum Gasteiger partial charge on any atom is -0.387 e. The number of nitrogens with two attached hydrogens (primary N) is 1. The van der Waals surface area contributed by atoms with Crippen LogP contribution in [0.15, 0.2) is 36.8 Å². The van der Waals surface area contributed by atoms with Crippen LogP contribution in [0.5, 0.6) is 0 Å². The summed E-state index contributed by atoms with van der Waals surface area (Å²) in [5.41, 5.74) is 4.14. The normalized spacial score (nSPS) is 25.8. The van der Waals surface area contributed by atoms with E-state index in [9.17, 15) is 23.4 Å². The maximum Gasteiger partial charge on any atom is 0.263 e. The Kier molecular flexibility index (Phi) is 4.72. The fourth-order valence-corrected chi connectivity index (χ4v) is 3.74. The summed E-state index contributed by atoms with van der Waals surface area (Å²) in [6.45, 7) is 1.46. The Morgan fingerprint density at radius 2 is 2.00 bits per heavy atom. The molecule has 0 spiro atoms. The quantitative estimate of drug-likeness (QED) is 0.613. The number of fused-ring (bicyclic) bond motifs is 1. The van der Waals surface area contributed by atoms with Crippen LogP contribution < -0.4 is 5.73 Å². The zero-order chi connectivity index (χ0) is 20.9. The van der Waals surface area contributed by atoms with Gasteiger partial charge in [-0.1, -0.05) is 0 Å². The highest BCUT2D eigenvalue weighted by molar-refractivity contribution is 5.86.